The van der Waals surface area contributed by atoms with E-state index in [0.717, 1.165) is 12.8 Å². The van der Waals surface area contributed by atoms with Gasteiger partial charge in [0, 0.05) is 6.42 Å². The Morgan fingerprint density at radius 2 is 2.06 bits per heavy atom. The highest BCUT2D eigenvalue weighted by Gasteiger charge is 2.26. The van der Waals surface area contributed by atoms with Gasteiger partial charge in [0.2, 0.25) is 0 Å². The van der Waals surface area contributed by atoms with Crippen molar-refractivity contribution in [2.45, 2.75) is 37.9 Å². The zero-order chi connectivity index (χ0) is 11.4. The Hall–Kier alpha value is -1.35. The van der Waals surface area contributed by atoms with E-state index in [1.165, 1.54) is 5.56 Å². The molecular weight excluding hydrogens is 204 g/mol. The summed E-state index contributed by atoms with van der Waals surface area (Å²) in [6.07, 6.45) is 3.05. The van der Waals surface area contributed by atoms with Crippen molar-refractivity contribution >= 4 is 5.97 Å². The molecule has 1 saturated heterocycles. The van der Waals surface area contributed by atoms with Crippen LogP contribution < -0.4 is 0 Å². The van der Waals surface area contributed by atoms with Crippen molar-refractivity contribution in [3.63, 3.8) is 0 Å². The van der Waals surface area contributed by atoms with Gasteiger partial charge in [-0.15, -0.1) is 0 Å². The summed E-state index contributed by atoms with van der Waals surface area (Å²) in [6, 6.07) is 10.1. The van der Waals surface area contributed by atoms with E-state index in [2.05, 4.69) is 12.1 Å². The molecule has 1 N–H and O–H groups in total. The number of carboxylic acid groups (broad SMARTS) is 1. The number of hydrogen-bond acceptors (Lipinski definition) is 2. The molecule has 2 rings (SSSR count). The van der Waals surface area contributed by atoms with Crippen molar-refractivity contribution < 1.29 is 14.6 Å². The molecule has 1 aliphatic heterocycles. The lowest BCUT2D eigenvalue weighted by molar-refractivity contribution is -0.137. The Kier molecular flexibility index (Phi) is 3.57. The second kappa shape index (κ2) is 5.12. The number of carbonyl (C=O) groups is 1. The molecule has 0 saturated carbocycles. The van der Waals surface area contributed by atoms with E-state index < -0.39 is 5.97 Å². The van der Waals surface area contributed by atoms with Crippen LogP contribution in [0.2, 0.25) is 0 Å². The second-order valence-electron chi connectivity index (χ2n) is 4.17. The SMILES string of the molecule is O=C(O)CC[C@@H]1CC[C@@H](c2ccccc2)O1. The van der Waals surface area contributed by atoms with Crippen molar-refractivity contribution in [3.05, 3.63) is 35.9 Å². The number of rotatable bonds is 4. The maximum Gasteiger partial charge on any atom is 0.303 e. The van der Waals surface area contributed by atoms with E-state index in [1.807, 2.05) is 18.2 Å². The molecule has 1 aliphatic rings. The van der Waals surface area contributed by atoms with Gasteiger partial charge in [0.15, 0.2) is 0 Å². The molecule has 0 aliphatic carbocycles. The van der Waals surface area contributed by atoms with Crippen molar-refractivity contribution in [1.82, 2.24) is 0 Å². The predicted molar refractivity (Wildman–Crippen MR) is 60.2 cm³/mol. The van der Waals surface area contributed by atoms with Gasteiger partial charge in [-0.1, -0.05) is 30.3 Å². The summed E-state index contributed by atoms with van der Waals surface area (Å²) in [5, 5.41) is 8.60. The summed E-state index contributed by atoms with van der Waals surface area (Å²) >= 11 is 0. The van der Waals surface area contributed by atoms with E-state index in [-0.39, 0.29) is 18.6 Å². The lowest BCUT2D eigenvalue weighted by Gasteiger charge is -2.13. The highest BCUT2D eigenvalue weighted by Crippen LogP contribution is 2.34. The van der Waals surface area contributed by atoms with Crippen molar-refractivity contribution in [1.29, 1.82) is 0 Å². The molecule has 0 spiro atoms. The zero-order valence-corrected chi connectivity index (χ0v) is 9.13. The molecule has 0 unspecified atom stereocenters. The van der Waals surface area contributed by atoms with Crippen LogP contribution in [0.4, 0.5) is 0 Å². The summed E-state index contributed by atoms with van der Waals surface area (Å²) in [5.74, 6) is -0.744. The predicted octanol–water partition coefficient (Wildman–Crippen LogP) is 2.77. The molecule has 1 heterocycles. The average Bonchev–Trinajstić information content (AvgIpc) is 2.76. The molecule has 0 radical (unpaired) electrons. The highest BCUT2D eigenvalue weighted by molar-refractivity contribution is 5.66. The van der Waals surface area contributed by atoms with Crippen LogP contribution >= 0.6 is 0 Å². The summed E-state index contributed by atoms with van der Waals surface area (Å²) in [4.78, 5) is 10.5. The van der Waals surface area contributed by atoms with Gasteiger partial charge in [-0.2, -0.15) is 0 Å². The quantitative estimate of drug-likeness (QED) is 0.848. The summed E-state index contributed by atoms with van der Waals surface area (Å²) in [6.45, 7) is 0. The van der Waals surface area contributed by atoms with Gasteiger partial charge in [0.25, 0.3) is 0 Å². The minimum absolute atomic E-state index is 0.112. The minimum Gasteiger partial charge on any atom is -0.481 e. The first kappa shape index (κ1) is 11.1. The number of ether oxygens (including phenoxy) is 1. The summed E-state index contributed by atoms with van der Waals surface area (Å²) < 4.78 is 5.83. The van der Waals surface area contributed by atoms with Gasteiger partial charge in [0.1, 0.15) is 0 Å². The largest absolute Gasteiger partial charge is 0.481 e. The molecule has 2 atom stereocenters. The van der Waals surface area contributed by atoms with Gasteiger partial charge in [-0.05, 0) is 24.8 Å². The van der Waals surface area contributed by atoms with E-state index >= 15 is 0 Å². The first-order valence-corrected chi connectivity index (χ1v) is 5.68. The van der Waals surface area contributed by atoms with Crippen molar-refractivity contribution in [2.24, 2.45) is 0 Å². The van der Waals surface area contributed by atoms with E-state index in [9.17, 15) is 4.79 Å². The van der Waals surface area contributed by atoms with Crippen LogP contribution in [0, 0.1) is 0 Å². The zero-order valence-electron chi connectivity index (χ0n) is 9.13. The van der Waals surface area contributed by atoms with Crippen LogP contribution in [-0.2, 0) is 9.53 Å². The maximum absolute atomic E-state index is 10.5. The van der Waals surface area contributed by atoms with E-state index in [4.69, 9.17) is 9.84 Å². The summed E-state index contributed by atoms with van der Waals surface area (Å²) in [5.41, 5.74) is 1.19. The lowest BCUT2D eigenvalue weighted by Crippen LogP contribution is -2.09. The second-order valence-corrected chi connectivity index (χ2v) is 4.17. The van der Waals surface area contributed by atoms with Crippen molar-refractivity contribution in [3.8, 4) is 0 Å². The Morgan fingerprint density at radius 3 is 2.75 bits per heavy atom. The normalized spacial score (nSPS) is 24.5. The van der Waals surface area contributed by atoms with Crippen LogP contribution in [0.3, 0.4) is 0 Å². The third-order valence-electron chi connectivity index (χ3n) is 2.96. The fourth-order valence-electron chi connectivity index (χ4n) is 2.12. The van der Waals surface area contributed by atoms with Gasteiger partial charge in [0.05, 0.1) is 12.2 Å². The first-order valence-electron chi connectivity index (χ1n) is 5.68. The van der Waals surface area contributed by atoms with Crippen LogP contribution in [0.1, 0.15) is 37.4 Å². The highest BCUT2D eigenvalue weighted by atomic mass is 16.5. The van der Waals surface area contributed by atoms with E-state index in [0.29, 0.717) is 6.42 Å². The number of carboxylic acids is 1. The first-order chi connectivity index (χ1) is 7.75. The lowest BCUT2D eigenvalue weighted by atomic mass is 10.1. The molecule has 1 aromatic rings. The Balaban J connectivity index is 1.86. The van der Waals surface area contributed by atoms with Crippen LogP contribution in [0.5, 0.6) is 0 Å². The molecule has 0 aromatic heterocycles. The average molecular weight is 220 g/mol. The number of hydrogen-bond donors (Lipinski definition) is 1. The third-order valence-corrected chi connectivity index (χ3v) is 2.96. The fourth-order valence-corrected chi connectivity index (χ4v) is 2.12. The fraction of sp³-hybridized carbons (Fsp3) is 0.462. The molecule has 1 fully saturated rings. The van der Waals surface area contributed by atoms with Crippen molar-refractivity contribution in [2.75, 3.05) is 0 Å². The van der Waals surface area contributed by atoms with Crippen LogP contribution in [-0.4, -0.2) is 17.2 Å². The molecule has 3 heteroatoms. The molecule has 0 bridgehead atoms. The number of aliphatic carboxylic acids is 1. The molecular formula is C13H16O3. The smallest absolute Gasteiger partial charge is 0.303 e. The van der Waals surface area contributed by atoms with Gasteiger partial charge in [-0.25, -0.2) is 0 Å². The summed E-state index contributed by atoms with van der Waals surface area (Å²) in [7, 11) is 0. The maximum atomic E-state index is 10.5. The molecule has 16 heavy (non-hydrogen) atoms. The molecule has 3 nitrogen and oxygen atoms in total. The minimum atomic E-state index is -0.744. The molecule has 86 valence electrons. The topological polar surface area (TPSA) is 46.5 Å². The Labute approximate surface area is 95.0 Å². The standard InChI is InChI=1S/C13H16O3/c14-13(15)9-7-11-6-8-12(16-11)10-4-2-1-3-5-10/h1-5,11-12H,6-9H2,(H,14,15)/t11-,12-/m0/s1. The molecule has 0 amide bonds. The molecule has 1 aromatic carbocycles. The van der Waals surface area contributed by atoms with Gasteiger partial charge < -0.3 is 9.84 Å². The monoisotopic (exact) mass is 220 g/mol. The third kappa shape index (κ3) is 2.83. The van der Waals surface area contributed by atoms with E-state index in [1.54, 1.807) is 0 Å². The Bertz CT molecular complexity index is 347. The van der Waals surface area contributed by atoms with Crippen LogP contribution in [0.25, 0.3) is 0 Å². The van der Waals surface area contributed by atoms with Gasteiger partial charge >= 0.3 is 5.97 Å². The number of benzene rings is 1. The van der Waals surface area contributed by atoms with Crippen LogP contribution in [0.15, 0.2) is 30.3 Å². The van der Waals surface area contributed by atoms with Gasteiger partial charge in [-0.3, -0.25) is 4.79 Å². The Morgan fingerprint density at radius 1 is 1.31 bits per heavy atom.